The van der Waals surface area contributed by atoms with Gasteiger partial charge in [0.2, 0.25) is 0 Å². The van der Waals surface area contributed by atoms with Crippen LogP contribution in [0.2, 0.25) is 0 Å². The van der Waals surface area contributed by atoms with E-state index < -0.39 is 0 Å². The van der Waals surface area contributed by atoms with Gasteiger partial charge >= 0.3 is 0 Å². The highest BCUT2D eigenvalue weighted by atomic mass is 14.9. The molecule has 1 heterocycles. The monoisotopic (exact) mass is 253 g/mol. The summed E-state index contributed by atoms with van der Waals surface area (Å²) in [5, 5.41) is 3.33. The third-order valence-electron chi connectivity index (χ3n) is 4.05. The van der Waals surface area contributed by atoms with Gasteiger partial charge < -0.3 is 5.32 Å². The van der Waals surface area contributed by atoms with Crippen LogP contribution in [0.15, 0.2) is 43.0 Å². The number of rotatable bonds is 4. The number of nitrogens with one attached hydrogen (secondary N) is 1. The lowest BCUT2D eigenvalue weighted by Crippen LogP contribution is -2.18. The summed E-state index contributed by atoms with van der Waals surface area (Å²) in [5.41, 5.74) is 3.84. The fourth-order valence-electron chi connectivity index (χ4n) is 2.69. The normalized spacial score (nSPS) is 16.9. The molecule has 0 bridgehead atoms. The summed E-state index contributed by atoms with van der Waals surface area (Å²) in [4.78, 5) is 8.19. The van der Waals surface area contributed by atoms with E-state index in [0.717, 1.165) is 11.5 Å². The lowest BCUT2D eigenvalue weighted by molar-refractivity contribution is 0.419. The van der Waals surface area contributed by atoms with Crippen LogP contribution in [-0.2, 0) is 0 Å². The van der Waals surface area contributed by atoms with E-state index in [4.69, 9.17) is 0 Å². The van der Waals surface area contributed by atoms with Crippen molar-refractivity contribution < 1.29 is 0 Å². The van der Waals surface area contributed by atoms with E-state index in [9.17, 15) is 0 Å². The van der Waals surface area contributed by atoms with Crippen molar-refractivity contribution in [3.8, 4) is 0 Å². The van der Waals surface area contributed by atoms with Gasteiger partial charge in [0.15, 0.2) is 0 Å². The molecule has 0 saturated heterocycles. The van der Waals surface area contributed by atoms with Crippen LogP contribution in [0.3, 0.4) is 0 Å². The van der Waals surface area contributed by atoms with Crippen LogP contribution in [0.1, 0.15) is 47.9 Å². The predicted molar refractivity (Wildman–Crippen MR) is 76.0 cm³/mol. The van der Waals surface area contributed by atoms with Crippen molar-refractivity contribution in [2.24, 2.45) is 0 Å². The zero-order chi connectivity index (χ0) is 13.1. The Bertz CT molecular complexity index is 517. The molecule has 1 aliphatic rings. The summed E-state index contributed by atoms with van der Waals surface area (Å²) in [5.74, 6) is 0.794. The number of nitrogens with zero attached hydrogens (tertiary/aromatic N) is 2. The first-order valence-corrected chi connectivity index (χ1v) is 6.90. The predicted octanol–water partition coefficient (Wildman–Crippen LogP) is 3.05. The van der Waals surface area contributed by atoms with Gasteiger partial charge in [0.05, 0.1) is 6.04 Å². The maximum absolute atomic E-state index is 4.10. The van der Waals surface area contributed by atoms with E-state index in [2.05, 4.69) is 39.6 Å². The number of hydrogen-bond acceptors (Lipinski definition) is 3. The summed E-state index contributed by atoms with van der Waals surface area (Å²) in [6, 6.07) is 9.15. The zero-order valence-corrected chi connectivity index (χ0v) is 11.2. The number of aromatic nitrogens is 2. The molecule has 19 heavy (non-hydrogen) atoms. The molecule has 2 aromatic rings. The molecule has 3 rings (SSSR count). The van der Waals surface area contributed by atoms with Gasteiger partial charge in [-0.3, -0.25) is 0 Å². The summed E-state index contributed by atoms with van der Waals surface area (Å²) in [6.45, 7) is 0. The Morgan fingerprint density at radius 2 is 1.74 bits per heavy atom. The first-order valence-electron chi connectivity index (χ1n) is 6.90. The molecule has 1 aliphatic carbocycles. The molecule has 98 valence electrons. The minimum Gasteiger partial charge on any atom is -0.309 e. The van der Waals surface area contributed by atoms with Crippen molar-refractivity contribution in [2.45, 2.75) is 31.2 Å². The Hall–Kier alpha value is -1.74. The van der Waals surface area contributed by atoms with Gasteiger partial charge in [0.25, 0.3) is 0 Å². The zero-order valence-electron chi connectivity index (χ0n) is 11.2. The molecule has 1 saturated carbocycles. The van der Waals surface area contributed by atoms with Crippen LogP contribution >= 0.6 is 0 Å². The second-order valence-electron chi connectivity index (χ2n) is 5.19. The van der Waals surface area contributed by atoms with Crippen LogP contribution in [0.25, 0.3) is 0 Å². The molecule has 0 aliphatic heterocycles. The minimum atomic E-state index is 0.164. The van der Waals surface area contributed by atoms with Crippen molar-refractivity contribution in [3.05, 3.63) is 59.7 Å². The van der Waals surface area contributed by atoms with E-state index in [1.54, 1.807) is 6.33 Å². The highest BCUT2D eigenvalue weighted by Gasteiger charge is 2.20. The van der Waals surface area contributed by atoms with Gasteiger partial charge in [-0.2, -0.15) is 0 Å². The van der Waals surface area contributed by atoms with Crippen molar-refractivity contribution in [1.29, 1.82) is 0 Å². The molecule has 1 atom stereocenters. The average Bonchev–Trinajstić information content (AvgIpc) is 2.41. The molecule has 0 radical (unpaired) electrons. The third kappa shape index (κ3) is 2.51. The fourth-order valence-corrected chi connectivity index (χ4v) is 2.69. The summed E-state index contributed by atoms with van der Waals surface area (Å²) < 4.78 is 0. The van der Waals surface area contributed by atoms with E-state index >= 15 is 0 Å². The number of hydrogen-bond donors (Lipinski definition) is 1. The van der Waals surface area contributed by atoms with Crippen LogP contribution in [0.5, 0.6) is 0 Å². The second kappa shape index (κ2) is 5.49. The van der Waals surface area contributed by atoms with Gasteiger partial charge in [-0.15, -0.1) is 0 Å². The van der Waals surface area contributed by atoms with Crippen molar-refractivity contribution in [3.63, 3.8) is 0 Å². The molecule has 3 nitrogen and oxygen atoms in total. The first kappa shape index (κ1) is 12.3. The molecular weight excluding hydrogens is 234 g/mol. The maximum atomic E-state index is 4.10. The molecule has 3 heteroatoms. The molecule has 1 N–H and O–H groups in total. The summed E-state index contributed by atoms with van der Waals surface area (Å²) in [7, 11) is 1.97. The van der Waals surface area contributed by atoms with E-state index in [0.29, 0.717) is 0 Å². The largest absolute Gasteiger partial charge is 0.309 e. The van der Waals surface area contributed by atoms with Gasteiger partial charge in [-0.05, 0) is 36.9 Å². The van der Waals surface area contributed by atoms with Crippen molar-refractivity contribution >= 4 is 0 Å². The number of benzene rings is 1. The van der Waals surface area contributed by atoms with Gasteiger partial charge in [-0.25, -0.2) is 9.97 Å². The average molecular weight is 253 g/mol. The Kier molecular flexibility index (Phi) is 3.56. The Balaban J connectivity index is 1.83. The first-order chi connectivity index (χ1) is 9.38. The van der Waals surface area contributed by atoms with E-state index in [1.807, 2.05) is 19.4 Å². The van der Waals surface area contributed by atoms with E-state index in [-0.39, 0.29) is 6.04 Å². The van der Waals surface area contributed by atoms with Crippen LogP contribution in [-0.4, -0.2) is 17.0 Å². The molecular formula is C16H19N3. The molecule has 1 aromatic heterocycles. The van der Waals surface area contributed by atoms with Crippen LogP contribution < -0.4 is 5.32 Å². The van der Waals surface area contributed by atoms with E-state index in [1.165, 1.54) is 30.4 Å². The van der Waals surface area contributed by atoms with Crippen molar-refractivity contribution in [1.82, 2.24) is 15.3 Å². The lowest BCUT2D eigenvalue weighted by Gasteiger charge is -2.26. The van der Waals surface area contributed by atoms with Crippen LogP contribution in [0, 0.1) is 0 Å². The molecule has 0 spiro atoms. The minimum absolute atomic E-state index is 0.164. The third-order valence-corrected chi connectivity index (χ3v) is 4.05. The topological polar surface area (TPSA) is 37.8 Å². The smallest absolute Gasteiger partial charge is 0.115 e. The Morgan fingerprint density at radius 1 is 1.05 bits per heavy atom. The second-order valence-corrected chi connectivity index (χ2v) is 5.19. The Labute approximate surface area is 114 Å². The highest BCUT2D eigenvalue weighted by molar-refractivity contribution is 5.33. The van der Waals surface area contributed by atoms with Gasteiger partial charge in [0, 0.05) is 18.0 Å². The summed E-state index contributed by atoms with van der Waals surface area (Å²) in [6.07, 6.45) is 9.38. The molecule has 0 amide bonds. The fraction of sp³-hybridized carbons (Fsp3) is 0.375. The highest BCUT2D eigenvalue weighted by Crippen LogP contribution is 2.36. The SMILES string of the molecule is CNC(c1ccc(C2CCC2)cc1)c1cncnc1. The summed E-state index contributed by atoms with van der Waals surface area (Å²) >= 11 is 0. The maximum Gasteiger partial charge on any atom is 0.115 e. The quantitative estimate of drug-likeness (QED) is 0.910. The van der Waals surface area contributed by atoms with Gasteiger partial charge in [-0.1, -0.05) is 30.7 Å². The van der Waals surface area contributed by atoms with Crippen molar-refractivity contribution in [2.75, 3.05) is 7.05 Å². The van der Waals surface area contributed by atoms with Gasteiger partial charge in [0.1, 0.15) is 6.33 Å². The molecule has 1 unspecified atom stereocenters. The Morgan fingerprint density at radius 3 is 2.26 bits per heavy atom. The molecule has 1 fully saturated rings. The lowest BCUT2D eigenvalue weighted by atomic mass is 9.79. The molecule has 1 aromatic carbocycles. The standard InChI is InChI=1S/C16H19N3/c1-17-16(15-9-18-11-19-10-15)14-7-5-13(6-8-14)12-3-2-4-12/h5-12,16-17H,2-4H2,1H3. The van der Waals surface area contributed by atoms with Crippen LogP contribution in [0.4, 0.5) is 0 Å².